The molecule has 1 aromatic heterocycles. The number of hydrogen-bond acceptors (Lipinski definition) is 7. The number of esters is 1. The summed E-state index contributed by atoms with van der Waals surface area (Å²) in [7, 11) is 1.16. The summed E-state index contributed by atoms with van der Waals surface area (Å²) in [4.78, 5) is 61.1. The van der Waals surface area contributed by atoms with Crippen LogP contribution in [0.15, 0.2) is 15.8 Å². The molecule has 1 rings (SSSR count). The summed E-state index contributed by atoms with van der Waals surface area (Å²) in [5, 5.41) is 4.64. The summed E-state index contributed by atoms with van der Waals surface area (Å²) in [5.41, 5.74) is -1.85. The van der Waals surface area contributed by atoms with Gasteiger partial charge in [0.2, 0.25) is 5.91 Å². The maximum atomic E-state index is 12.4. The number of aromatic amines is 1. The number of aryl methyl sites for hydroxylation is 1. The summed E-state index contributed by atoms with van der Waals surface area (Å²) < 4.78 is 10.6. The summed E-state index contributed by atoms with van der Waals surface area (Å²) in [6.45, 7) is 5.73. The number of methoxy groups -OCH3 is 1. The summed E-state index contributed by atoms with van der Waals surface area (Å²) >= 11 is 0. The zero-order valence-electron chi connectivity index (χ0n) is 15.9. The molecule has 0 aliphatic carbocycles. The number of nitrogens with zero attached hydrogens (tertiary/aromatic N) is 1. The summed E-state index contributed by atoms with van der Waals surface area (Å²) in [6.07, 6.45) is 0.383. The van der Waals surface area contributed by atoms with Crippen molar-refractivity contribution in [3.8, 4) is 0 Å². The van der Waals surface area contributed by atoms with Crippen molar-refractivity contribution in [1.29, 1.82) is 0 Å². The van der Waals surface area contributed by atoms with Crippen LogP contribution in [0, 0.1) is 6.92 Å². The van der Waals surface area contributed by atoms with E-state index >= 15 is 0 Å². The van der Waals surface area contributed by atoms with E-state index in [1.807, 2.05) is 0 Å². The minimum absolute atomic E-state index is 0.251. The Morgan fingerprint density at radius 1 is 1.26 bits per heavy atom. The number of amides is 2. The number of nitrogens with one attached hydrogen (secondary N) is 3. The normalized spacial score (nSPS) is 12.0. The molecule has 27 heavy (non-hydrogen) atoms. The highest BCUT2D eigenvalue weighted by Crippen LogP contribution is 2.07. The van der Waals surface area contributed by atoms with E-state index in [9.17, 15) is 24.0 Å². The van der Waals surface area contributed by atoms with Crippen molar-refractivity contribution in [3.05, 3.63) is 32.6 Å². The van der Waals surface area contributed by atoms with E-state index in [-0.39, 0.29) is 12.1 Å². The molecule has 1 unspecified atom stereocenters. The van der Waals surface area contributed by atoms with Gasteiger partial charge in [-0.15, -0.1) is 0 Å². The van der Waals surface area contributed by atoms with Crippen LogP contribution in [0.25, 0.3) is 0 Å². The number of hydrogen-bond donors (Lipinski definition) is 3. The molecule has 0 radical (unpaired) electrons. The molecule has 11 nitrogen and oxygen atoms in total. The third-order valence-corrected chi connectivity index (χ3v) is 3.21. The molecule has 1 heterocycles. The van der Waals surface area contributed by atoms with Crippen molar-refractivity contribution < 1.29 is 23.9 Å². The lowest BCUT2D eigenvalue weighted by Gasteiger charge is -2.23. The number of ether oxygens (including phenoxy) is 2. The minimum Gasteiger partial charge on any atom is -0.468 e. The van der Waals surface area contributed by atoms with E-state index in [2.05, 4.69) is 20.4 Å². The van der Waals surface area contributed by atoms with Crippen LogP contribution in [0.5, 0.6) is 0 Å². The third kappa shape index (κ3) is 7.34. The predicted octanol–water partition coefficient (Wildman–Crippen LogP) is -0.972. The van der Waals surface area contributed by atoms with Gasteiger partial charge >= 0.3 is 17.8 Å². The van der Waals surface area contributed by atoms with Gasteiger partial charge in [0.05, 0.1) is 13.7 Å². The molecule has 0 aliphatic rings. The topological polar surface area (TPSA) is 149 Å². The molecule has 2 amide bonds. The van der Waals surface area contributed by atoms with E-state index < -0.39 is 47.4 Å². The summed E-state index contributed by atoms with van der Waals surface area (Å²) in [6, 6.07) is -1.24. The average molecular weight is 384 g/mol. The number of carbonyl (C=O) groups excluding carboxylic acids is 3. The molecule has 1 aromatic rings. The second-order valence-electron chi connectivity index (χ2n) is 6.72. The van der Waals surface area contributed by atoms with E-state index in [1.54, 1.807) is 20.8 Å². The lowest BCUT2D eigenvalue weighted by atomic mass is 10.2. The standard InChI is InChI=1S/C16H24N4O7/c1-9-7-20(14(24)19-12(9)22)8-10(13(23)17-6-11(21)26-5)18-15(25)27-16(2,3)4/h7,10H,6,8H2,1-5H3,(H,17,23)(H,18,25)(H,19,22,24). The average Bonchev–Trinajstić information content (AvgIpc) is 2.54. The Labute approximate surface area is 155 Å². The first-order valence-electron chi connectivity index (χ1n) is 8.07. The molecule has 0 saturated carbocycles. The van der Waals surface area contributed by atoms with Crippen molar-refractivity contribution in [1.82, 2.24) is 20.2 Å². The number of carbonyl (C=O) groups is 3. The Bertz CT molecular complexity index is 819. The van der Waals surface area contributed by atoms with Crippen molar-refractivity contribution in [2.24, 2.45) is 0 Å². The fraction of sp³-hybridized carbons (Fsp3) is 0.562. The molecule has 0 fully saturated rings. The van der Waals surface area contributed by atoms with Crippen LogP contribution in [0.1, 0.15) is 26.3 Å². The number of alkyl carbamates (subject to hydrolysis) is 1. The van der Waals surface area contributed by atoms with E-state index in [1.165, 1.54) is 13.1 Å². The predicted molar refractivity (Wildman–Crippen MR) is 94.2 cm³/mol. The second-order valence-corrected chi connectivity index (χ2v) is 6.72. The zero-order chi connectivity index (χ0) is 20.8. The van der Waals surface area contributed by atoms with Crippen molar-refractivity contribution in [2.45, 2.75) is 45.9 Å². The molecule has 0 aromatic carbocycles. The van der Waals surface area contributed by atoms with Crippen LogP contribution in [-0.4, -0.2) is 52.8 Å². The maximum Gasteiger partial charge on any atom is 0.408 e. The van der Waals surface area contributed by atoms with Gasteiger partial charge in [0, 0.05) is 11.8 Å². The van der Waals surface area contributed by atoms with Gasteiger partial charge in [-0.3, -0.25) is 23.9 Å². The van der Waals surface area contributed by atoms with E-state index in [0.29, 0.717) is 0 Å². The first-order valence-corrected chi connectivity index (χ1v) is 8.07. The molecular formula is C16H24N4O7. The Kier molecular flexibility index (Phi) is 7.32. The van der Waals surface area contributed by atoms with Crippen LogP contribution in [0.4, 0.5) is 4.79 Å². The Balaban J connectivity index is 3.02. The first-order chi connectivity index (χ1) is 12.4. The lowest BCUT2D eigenvalue weighted by molar-refractivity contribution is -0.141. The van der Waals surface area contributed by atoms with Gasteiger partial charge in [-0.2, -0.15) is 0 Å². The molecule has 1 atom stereocenters. The van der Waals surface area contributed by atoms with Crippen LogP contribution in [0.2, 0.25) is 0 Å². The van der Waals surface area contributed by atoms with Crippen molar-refractivity contribution >= 4 is 18.0 Å². The Morgan fingerprint density at radius 2 is 1.89 bits per heavy atom. The SMILES string of the molecule is COC(=O)CNC(=O)C(Cn1cc(C)c(=O)[nH]c1=O)NC(=O)OC(C)(C)C. The molecule has 0 saturated heterocycles. The number of aromatic nitrogens is 2. The fourth-order valence-corrected chi connectivity index (χ4v) is 1.95. The maximum absolute atomic E-state index is 12.4. The largest absolute Gasteiger partial charge is 0.468 e. The van der Waals surface area contributed by atoms with Crippen LogP contribution in [0.3, 0.4) is 0 Å². The quantitative estimate of drug-likeness (QED) is 0.534. The van der Waals surface area contributed by atoms with E-state index in [4.69, 9.17) is 4.74 Å². The smallest absolute Gasteiger partial charge is 0.408 e. The molecule has 3 N–H and O–H groups in total. The highest BCUT2D eigenvalue weighted by molar-refractivity contribution is 5.88. The van der Waals surface area contributed by atoms with Gasteiger partial charge in [-0.25, -0.2) is 9.59 Å². The number of rotatable bonds is 6. The minimum atomic E-state index is -1.24. The van der Waals surface area contributed by atoms with Gasteiger partial charge < -0.3 is 20.1 Å². The van der Waals surface area contributed by atoms with E-state index in [0.717, 1.165) is 11.7 Å². The molecule has 0 bridgehead atoms. The second kappa shape index (κ2) is 9.01. The molecule has 0 spiro atoms. The van der Waals surface area contributed by atoms with Crippen LogP contribution in [-0.2, 0) is 25.6 Å². The fourth-order valence-electron chi connectivity index (χ4n) is 1.95. The number of H-pyrrole nitrogens is 1. The molecule has 11 heteroatoms. The van der Waals surface area contributed by atoms with Crippen LogP contribution < -0.4 is 21.9 Å². The van der Waals surface area contributed by atoms with Gasteiger partial charge in [0.25, 0.3) is 5.56 Å². The van der Waals surface area contributed by atoms with Crippen molar-refractivity contribution in [3.63, 3.8) is 0 Å². The summed E-state index contributed by atoms with van der Waals surface area (Å²) in [5.74, 6) is -1.42. The third-order valence-electron chi connectivity index (χ3n) is 3.21. The van der Waals surface area contributed by atoms with Gasteiger partial charge in [-0.1, -0.05) is 0 Å². The molecule has 150 valence electrons. The molecule has 0 aliphatic heterocycles. The van der Waals surface area contributed by atoms with Gasteiger partial charge in [0.15, 0.2) is 0 Å². The van der Waals surface area contributed by atoms with Gasteiger partial charge in [0.1, 0.15) is 18.2 Å². The highest BCUT2D eigenvalue weighted by atomic mass is 16.6. The van der Waals surface area contributed by atoms with Crippen LogP contribution >= 0.6 is 0 Å². The Hall–Kier alpha value is -3.11. The van der Waals surface area contributed by atoms with Crippen molar-refractivity contribution in [2.75, 3.05) is 13.7 Å². The molecular weight excluding hydrogens is 360 g/mol. The van der Waals surface area contributed by atoms with Gasteiger partial charge in [-0.05, 0) is 27.7 Å². The lowest BCUT2D eigenvalue weighted by Crippen LogP contribution is -2.52. The Morgan fingerprint density at radius 3 is 2.44 bits per heavy atom. The zero-order valence-corrected chi connectivity index (χ0v) is 15.9. The monoisotopic (exact) mass is 384 g/mol. The first kappa shape index (κ1) is 21.9. The highest BCUT2D eigenvalue weighted by Gasteiger charge is 2.25.